The summed E-state index contributed by atoms with van der Waals surface area (Å²) >= 11 is 3.50. The summed E-state index contributed by atoms with van der Waals surface area (Å²) in [6.45, 7) is 0.617. The molecule has 0 unspecified atom stereocenters. The molecule has 0 saturated heterocycles. The molecule has 0 bridgehead atoms. The largest absolute Gasteiger partial charge is 0.370 e. The standard InChI is InChI=1S/C15H16BrN5/c16-9-3-4-10-11-5-7-19-12(2-1-6-20-15(17)18)14(11)21-13(10)8-9/h3-5,7-8,21H,1-2,6H2,(H4,17,18,20). The number of hydrogen-bond acceptors (Lipinski definition) is 2. The van der Waals surface area contributed by atoms with Crippen molar-refractivity contribution in [2.75, 3.05) is 6.54 Å². The normalized spacial score (nSPS) is 11.1. The zero-order valence-corrected chi connectivity index (χ0v) is 13.0. The molecule has 3 rings (SSSR count). The fourth-order valence-electron chi connectivity index (χ4n) is 2.50. The van der Waals surface area contributed by atoms with Crippen LogP contribution in [0.2, 0.25) is 0 Å². The molecule has 0 aliphatic carbocycles. The van der Waals surface area contributed by atoms with Gasteiger partial charge in [-0.25, -0.2) is 0 Å². The van der Waals surface area contributed by atoms with Crippen molar-refractivity contribution in [1.29, 1.82) is 0 Å². The van der Waals surface area contributed by atoms with Gasteiger partial charge in [0.25, 0.3) is 0 Å². The second-order valence-electron chi connectivity index (χ2n) is 4.91. The maximum atomic E-state index is 5.33. The van der Waals surface area contributed by atoms with E-state index in [2.05, 4.69) is 49.1 Å². The van der Waals surface area contributed by atoms with Crippen LogP contribution in [0.4, 0.5) is 0 Å². The van der Waals surface area contributed by atoms with Crippen LogP contribution in [-0.2, 0) is 6.42 Å². The number of rotatable bonds is 4. The Labute approximate surface area is 130 Å². The zero-order chi connectivity index (χ0) is 14.8. The molecule has 0 amide bonds. The molecule has 5 N–H and O–H groups in total. The van der Waals surface area contributed by atoms with Crippen molar-refractivity contribution < 1.29 is 0 Å². The number of guanidine groups is 1. The van der Waals surface area contributed by atoms with Gasteiger partial charge in [0.1, 0.15) is 0 Å². The molecule has 0 spiro atoms. The van der Waals surface area contributed by atoms with E-state index in [4.69, 9.17) is 11.5 Å². The van der Waals surface area contributed by atoms with Gasteiger partial charge in [-0.3, -0.25) is 9.98 Å². The SMILES string of the molecule is NC(N)=NCCCc1nccc2c1[nH]c1cc(Br)ccc12. The Morgan fingerprint density at radius 1 is 1.24 bits per heavy atom. The van der Waals surface area contributed by atoms with E-state index in [0.29, 0.717) is 6.54 Å². The number of aromatic amines is 1. The number of aryl methyl sites for hydroxylation is 1. The summed E-state index contributed by atoms with van der Waals surface area (Å²) in [4.78, 5) is 11.9. The van der Waals surface area contributed by atoms with Gasteiger partial charge in [0, 0.05) is 33.5 Å². The molecule has 108 valence electrons. The van der Waals surface area contributed by atoms with Crippen LogP contribution in [0.25, 0.3) is 21.8 Å². The van der Waals surface area contributed by atoms with Crippen molar-refractivity contribution in [1.82, 2.24) is 9.97 Å². The smallest absolute Gasteiger partial charge is 0.185 e. The third-order valence-electron chi connectivity index (χ3n) is 3.43. The molecule has 2 aromatic heterocycles. The third kappa shape index (κ3) is 2.85. The topological polar surface area (TPSA) is 93.1 Å². The molecule has 3 aromatic rings. The van der Waals surface area contributed by atoms with Crippen LogP contribution in [0.5, 0.6) is 0 Å². The Kier molecular flexibility index (Phi) is 3.79. The Morgan fingerprint density at radius 2 is 2.10 bits per heavy atom. The Morgan fingerprint density at radius 3 is 2.90 bits per heavy atom. The summed E-state index contributed by atoms with van der Waals surface area (Å²) in [6, 6.07) is 8.29. The van der Waals surface area contributed by atoms with Crippen molar-refractivity contribution in [2.45, 2.75) is 12.8 Å². The minimum Gasteiger partial charge on any atom is -0.370 e. The second kappa shape index (κ2) is 5.73. The van der Waals surface area contributed by atoms with Crippen LogP contribution in [0.3, 0.4) is 0 Å². The molecular weight excluding hydrogens is 330 g/mol. The van der Waals surface area contributed by atoms with Gasteiger partial charge in [0.15, 0.2) is 5.96 Å². The van der Waals surface area contributed by atoms with Crippen LogP contribution < -0.4 is 11.5 Å². The molecule has 5 nitrogen and oxygen atoms in total. The van der Waals surface area contributed by atoms with Gasteiger partial charge in [-0.2, -0.15) is 0 Å². The van der Waals surface area contributed by atoms with Crippen LogP contribution in [0.1, 0.15) is 12.1 Å². The minimum atomic E-state index is 0.136. The van der Waals surface area contributed by atoms with Crippen molar-refractivity contribution in [3.8, 4) is 0 Å². The van der Waals surface area contributed by atoms with Crippen LogP contribution in [0, 0.1) is 0 Å². The van der Waals surface area contributed by atoms with E-state index < -0.39 is 0 Å². The van der Waals surface area contributed by atoms with Gasteiger partial charge in [-0.15, -0.1) is 0 Å². The van der Waals surface area contributed by atoms with Crippen molar-refractivity contribution in [2.24, 2.45) is 16.5 Å². The summed E-state index contributed by atoms with van der Waals surface area (Å²) in [6.07, 6.45) is 3.55. The highest BCUT2D eigenvalue weighted by Gasteiger charge is 2.09. The number of nitrogens with zero attached hydrogens (tertiary/aromatic N) is 2. The van der Waals surface area contributed by atoms with Gasteiger partial charge in [0.05, 0.1) is 11.2 Å². The van der Waals surface area contributed by atoms with E-state index in [1.54, 1.807) is 0 Å². The van der Waals surface area contributed by atoms with Gasteiger partial charge in [-0.05, 0) is 31.0 Å². The predicted molar refractivity (Wildman–Crippen MR) is 90.3 cm³/mol. The maximum Gasteiger partial charge on any atom is 0.185 e. The summed E-state index contributed by atoms with van der Waals surface area (Å²) in [7, 11) is 0. The van der Waals surface area contributed by atoms with Gasteiger partial charge < -0.3 is 16.5 Å². The minimum absolute atomic E-state index is 0.136. The molecular formula is C15H16BrN5. The second-order valence-corrected chi connectivity index (χ2v) is 5.82. The summed E-state index contributed by atoms with van der Waals surface area (Å²) < 4.78 is 1.06. The number of halogens is 1. The highest BCUT2D eigenvalue weighted by atomic mass is 79.9. The van der Waals surface area contributed by atoms with E-state index in [0.717, 1.165) is 34.0 Å². The fraction of sp³-hybridized carbons (Fsp3) is 0.200. The summed E-state index contributed by atoms with van der Waals surface area (Å²) in [5.74, 6) is 0.136. The van der Waals surface area contributed by atoms with Gasteiger partial charge >= 0.3 is 0 Å². The third-order valence-corrected chi connectivity index (χ3v) is 3.92. The predicted octanol–water partition coefficient (Wildman–Crippen LogP) is 2.68. The molecule has 0 radical (unpaired) electrons. The summed E-state index contributed by atoms with van der Waals surface area (Å²) in [5.41, 5.74) is 13.9. The molecule has 0 saturated carbocycles. The lowest BCUT2D eigenvalue weighted by Gasteiger charge is -2.01. The molecule has 0 fully saturated rings. The lowest BCUT2D eigenvalue weighted by atomic mass is 10.1. The first-order valence-corrected chi connectivity index (χ1v) is 7.54. The molecule has 0 atom stereocenters. The number of aromatic nitrogens is 2. The summed E-state index contributed by atoms with van der Waals surface area (Å²) in [5, 5.41) is 2.41. The highest BCUT2D eigenvalue weighted by molar-refractivity contribution is 9.10. The van der Waals surface area contributed by atoms with Crippen molar-refractivity contribution in [3.63, 3.8) is 0 Å². The van der Waals surface area contributed by atoms with E-state index in [-0.39, 0.29) is 5.96 Å². The quantitative estimate of drug-likeness (QED) is 0.385. The monoisotopic (exact) mass is 345 g/mol. The number of hydrogen-bond donors (Lipinski definition) is 3. The number of nitrogens with two attached hydrogens (primary N) is 2. The number of aliphatic imine (C=N–C) groups is 1. The van der Waals surface area contributed by atoms with Crippen molar-refractivity contribution >= 4 is 43.7 Å². The van der Waals surface area contributed by atoms with Crippen molar-refractivity contribution in [3.05, 3.63) is 40.6 Å². The lowest BCUT2D eigenvalue weighted by molar-refractivity contribution is 0.814. The first-order valence-electron chi connectivity index (χ1n) is 6.75. The number of benzene rings is 1. The molecule has 0 aliphatic rings. The van der Waals surface area contributed by atoms with Crippen LogP contribution >= 0.6 is 15.9 Å². The highest BCUT2D eigenvalue weighted by Crippen LogP contribution is 2.29. The Bertz CT molecular complexity index is 817. The maximum absolute atomic E-state index is 5.33. The first kappa shape index (κ1) is 13.9. The fourth-order valence-corrected chi connectivity index (χ4v) is 2.86. The number of fused-ring (bicyclic) bond motifs is 3. The van der Waals surface area contributed by atoms with E-state index in [1.807, 2.05) is 12.3 Å². The van der Waals surface area contributed by atoms with Crippen LogP contribution in [-0.4, -0.2) is 22.5 Å². The number of nitrogens with one attached hydrogen (secondary N) is 1. The van der Waals surface area contributed by atoms with Gasteiger partial charge in [0.2, 0.25) is 0 Å². The molecule has 0 aliphatic heterocycles. The lowest BCUT2D eigenvalue weighted by Crippen LogP contribution is -2.23. The first-order chi connectivity index (χ1) is 10.1. The zero-order valence-electron chi connectivity index (χ0n) is 11.4. The molecule has 1 aromatic carbocycles. The van der Waals surface area contributed by atoms with E-state index >= 15 is 0 Å². The van der Waals surface area contributed by atoms with E-state index in [1.165, 1.54) is 10.8 Å². The molecule has 21 heavy (non-hydrogen) atoms. The number of H-pyrrole nitrogens is 1. The average molecular weight is 346 g/mol. The van der Waals surface area contributed by atoms with Gasteiger partial charge in [-0.1, -0.05) is 22.0 Å². The van der Waals surface area contributed by atoms with Crippen LogP contribution in [0.15, 0.2) is 39.9 Å². The Balaban J connectivity index is 1.96. The van der Waals surface area contributed by atoms with E-state index in [9.17, 15) is 0 Å². The average Bonchev–Trinajstić information content (AvgIpc) is 2.81. The Hall–Kier alpha value is -2.08. The molecule has 2 heterocycles. The molecule has 6 heteroatoms. The number of pyridine rings is 1.